The minimum Gasteiger partial charge on any atom is -0.357 e. The van der Waals surface area contributed by atoms with Gasteiger partial charge in [0, 0.05) is 58.3 Å². The van der Waals surface area contributed by atoms with E-state index in [-0.39, 0.29) is 29.9 Å². The summed E-state index contributed by atoms with van der Waals surface area (Å²) in [7, 11) is 0. The molecule has 2 fully saturated rings. The molecule has 1 amide bonds. The first-order valence-corrected chi connectivity index (χ1v) is 10.3. The van der Waals surface area contributed by atoms with E-state index in [0.29, 0.717) is 19.0 Å². The molecule has 1 heterocycles. The molecule has 1 aromatic carbocycles. The Balaban J connectivity index is 0.00000280. The third-order valence-corrected chi connectivity index (χ3v) is 5.02. The standard InChI is InChI=1S/C21H33N5O.HI/c1-2-22-21(23-12-6-9-20(27)24-19-10-11-19)26-15-13-25(14-16-26)17-18-7-4-3-5-8-18;/h3-5,7-8,19H,2,6,9-17H2,1H3,(H,22,23)(H,24,27);1H. The van der Waals surface area contributed by atoms with E-state index in [9.17, 15) is 4.79 Å². The van der Waals surface area contributed by atoms with Gasteiger partial charge in [0.25, 0.3) is 0 Å². The lowest BCUT2D eigenvalue weighted by atomic mass is 10.2. The van der Waals surface area contributed by atoms with E-state index in [2.05, 4.69) is 57.7 Å². The Morgan fingerprint density at radius 3 is 2.50 bits per heavy atom. The number of aliphatic imine (C=N–C) groups is 1. The highest BCUT2D eigenvalue weighted by Gasteiger charge is 2.23. The molecule has 0 aromatic heterocycles. The normalized spacial score (nSPS) is 17.8. The van der Waals surface area contributed by atoms with Gasteiger partial charge in [0.1, 0.15) is 0 Å². The summed E-state index contributed by atoms with van der Waals surface area (Å²) in [6.07, 6.45) is 3.67. The van der Waals surface area contributed by atoms with Crippen molar-refractivity contribution in [2.75, 3.05) is 39.3 Å². The van der Waals surface area contributed by atoms with Crippen LogP contribution in [0.3, 0.4) is 0 Å². The van der Waals surface area contributed by atoms with Crippen molar-refractivity contribution in [3.8, 4) is 0 Å². The maximum atomic E-state index is 11.8. The molecule has 2 aliphatic rings. The van der Waals surface area contributed by atoms with Gasteiger partial charge in [-0.2, -0.15) is 0 Å². The van der Waals surface area contributed by atoms with Crippen LogP contribution in [-0.4, -0.2) is 67.0 Å². The Kier molecular flexibility index (Phi) is 10.0. The fraction of sp³-hybridized carbons (Fsp3) is 0.619. The van der Waals surface area contributed by atoms with Gasteiger partial charge in [-0.15, -0.1) is 24.0 Å². The fourth-order valence-electron chi connectivity index (χ4n) is 3.34. The minimum absolute atomic E-state index is 0. The highest BCUT2D eigenvalue weighted by Crippen LogP contribution is 2.18. The molecular formula is C21H34IN5O. The second kappa shape index (κ2) is 12.3. The van der Waals surface area contributed by atoms with Crippen molar-refractivity contribution in [2.24, 2.45) is 4.99 Å². The molecule has 0 spiro atoms. The maximum absolute atomic E-state index is 11.8. The van der Waals surface area contributed by atoms with Gasteiger partial charge in [-0.05, 0) is 31.7 Å². The molecule has 0 unspecified atom stereocenters. The van der Waals surface area contributed by atoms with Crippen LogP contribution in [0.5, 0.6) is 0 Å². The first-order chi connectivity index (χ1) is 13.2. The number of nitrogens with zero attached hydrogens (tertiary/aromatic N) is 3. The van der Waals surface area contributed by atoms with E-state index >= 15 is 0 Å². The first kappa shape index (κ1) is 22.9. The Morgan fingerprint density at radius 1 is 1.14 bits per heavy atom. The summed E-state index contributed by atoms with van der Waals surface area (Å²) in [4.78, 5) is 21.3. The molecule has 156 valence electrons. The predicted molar refractivity (Wildman–Crippen MR) is 125 cm³/mol. The van der Waals surface area contributed by atoms with Crippen molar-refractivity contribution in [1.82, 2.24) is 20.4 Å². The van der Waals surface area contributed by atoms with Crippen LogP contribution in [0.4, 0.5) is 0 Å². The van der Waals surface area contributed by atoms with Crippen molar-refractivity contribution in [1.29, 1.82) is 0 Å². The number of rotatable bonds is 8. The molecule has 2 N–H and O–H groups in total. The number of guanidine groups is 1. The quantitative estimate of drug-likeness (QED) is 0.250. The topological polar surface area (TPSA) is 60.0 Å². The molecule has 6 nitrogen and oxygen atoms in total. The zero-order valence-corrected chi connectivity index (χ0v) is 19.2. The van der Waals surface area contributed by atoms with Gasteiger partial charge in [0.05, 0.1) is 0 Å². The molecule has 1 aliphatic heterocycles. The lowest BCUT2D eigenvalue weighted by Crippen LogP contribution is -2.52. The SMILES string of the molecule is CCNC(=NCCCC(=O)NC1CC1)N1CCN(Cc2ccccc2)CC1.I. The molecular weight excluding hydrogens is 465 g/mol. The number of carbonyl (C=O) groups is 1. The number of nitrogens with one attached hydrogen (secondary N) is 2. The number of hydrogen-bond acceptors (Lipinski definition) is 3. The molecule has 1 aliphatic carbocycles. The van der Waals surface area contributed by atoms with Crippen molar-refractivity contribution >= 4 is 35.8 Å². The minimum atomic E-state index is 0. The van der Waals surface area contributed by atoms with Gasteiger partial charge in [0.15, 0.2) is 5.96 Å². The average molecular weight is 499 g/mol. The molecule has 1 saturated heterocycles. The van der Waals surface area contributed by atoms with Gasteiger partial charge in [0.2, 0.25) is 5.91 Å². The second-order valence-electron chi connectivity index (χ2n) is 7.43. The van der Waals surface area contributed by atoms with Gasteiger partial charge in [-0.25, -0.2) is 0 Å². The van der Waals surface area contributed by atoms with Gasteiger partial charge in [-0.3, -0.25) is 14.7 Å². The van der Waals surface area contributed by atoms with Gasteiger partial charge < -0.3 is 15.5 Å². The summed E-state index contributed by atoms with van der Waals surface area (Å²) in [5.41, 5.74) is 1.37. The molecule has 0 radical (unpaired) electrons. The number of amides is 1. The van der Waals surface area contributed by atoms with Crippen LogP contribution in [0.1, 0.15) is 38.2 Å². The summed E-state index contributed by atoms with van der Waals surface area (Å²) in [5.74, 6) is 1.16. The Labute approximate surface area is 186 Å². The zero-order chi connectivity index (χ0) is 18.9. The summed E-state index contributed by atoms with van der Waals surface area (Å²) in [6, 6.07) is 11.1. The third-order valence-electron chi connectivity index (χ3n) is 5.02. The van der Waals surface area contributed by atoms with Crippen molar-refractivity contribution in [3.05, 3.63) is 35.9 Å². The van der Waals surface area contributed by atoms with Crippen LogP contribution < -0.4 is 10.6 Å². The van der Waals surface area contributed by atoms with Gasteiger partial charge >= 0.3 is 0 Å². The van der Waals surface area contributed by atoms with Crippen LogP contribution in [0.15, 0.2) is 35.3 Å². The smallest absolute Gasteiger partial charge is 0.220 e. The van der Waals surface area contributed by atoms with E-state index in [1.807, 2.05) is 0 Å². The van der Waals surface area contributed by atoms with Crippen molar-refractivity contribution in [3.63, 3.8) is 0 Å². The van der Waals surface area contributed by atoms with E-state index < -0.39 is 0 Å². The summed E-state index contributed by atoms with van der Waals surface area (Å²) in [5, 5.41) is 6.44. The van der Waals surface area contributed by atoms with E-state index in [0.717, 1.165) is 64.5 Å². The highest BCUT2D eigenvalue weighted by molar-refractivity contribution is 14.0. The maximum Gasteiger partial charge on any atom is 0.220 e. The molecule has 7 heteroatoms. The fourth-order valence-corrected chi connectivity index (χ4v) is 3.34. The van der Waals surface area contributed by atoms with Crippen LogP contribution in [-0.2, 0) is 11.3 Å². The zero-order valence-electron chi connectivity index (χ0n) is 16.9. The van der Waals surface area contributed by atoms with E-state index in [1.54, 1.807) is 0 Å². The lowest BCUT2D eigenvalue weighted by molar-refractivity contribution is -0.121. The van der Waals surface area contributed by atoms with E-state index in [1.165, 1.54) is 5.56 Å². The van der Waals surface area contributed by atoms with E-state index in [4.69, 9.17) is 4.99 Å². The largest absolute Gasteiger partial charge is 0.357 e. The Hall–Kier alpha value is -1.35. The average Bonchev–Trinajstić information content (AvgIpc) is 3.50. The van der Waals surface area contributed by atoms with Crippen molar-refractivity contribution < 1.29 is 4.79 Å². The highest BCUT2D eigenvalue weighted by atomic mass is 127. The Morgan fingerprint density at radius 2 is 1.86 bits per heavy atom. The van der Waals surface area contributed by atoms with Crippen LogP contribution in [0, 0.1) is 0 Å². The van der Waals surface area contributed by atoms with Gasteiger partial charge in [-0.1, -0.05) is 30.3 Å². The molecule has 1 aromatic rings. The molecule has 1 saturated carbocycles. The second-order valence-corrected chi connectivity index (χ2v) is 7.43. The lowest BCUT2D eigenvalue weighted by Gasteiger charge is -2.36. The van der Waals surface area contributed by atoms with Crippen LogP contribution in [0.2, 0.25) is 0 Å². The molecule has 3 rings (SSSR count). The number of hydrogen-bond donors (Lipinski definition) is 2. The van der Waals surface area contributed by atoms with Crippen LogP contribution in [0.25, 0.3) is 0 Å². The number of carbonyl (C=O) groups excluding carboxylic acids is 1. The Bertz CT molecular complexity index is 612. The first-order valence-electron chi connectivity index (χ1n) is 10.3. The molecule has 28 heavy (non-hydrogen) atoms. The third kappa shape index (κ3) is 7.95. The predicted octanol–water partition coefficient (Wildman–Crippen LogP) is 2.45. The summed E-state index contributed by atoms with van der Waals surface area (Å²) >= 11 is 0. The summed E-state index contributed by atoms with van der Waals surface area (Å²) in [6.45, 7) is 8.74. The van der Waals surface area contributed by atoms with Crippen molar-refractivity contribution in [2.45, 2.75) is 45.2 Å². The monoisotopic (exact) mass is 499 g/mol. The number of benzene rings is 1. The number of piperazine rings is 1. The van der Waals surface area contributed by atoms with Crippen LogP contribution >= 0.6 is 24.0 Å². The molecule has 0 bridgehead atoms. The molecule has 0 atom stereocenters. The number of halogens is 1. The summed E-state index contributed by atoms with van der Waals surface area (Å²) < 4.78 is 0.